The van der Waals surface area contributed by atoms with Crippen molar-refractivity contribution in [2.45, 2.75) is 115 Å². The first-order valence-electron chi connectivity index (χ1n) is 13.5. The fourth-order valence-corrected chi connectivity index (χ4v) is 6.59. The molecule has 1 spiro atoms. The highest BCUT2D eigenvalue weighted by Crippen LogP contribution is 2.64. The van der Waals surface area contributed by atoms with Crippen LogP contribution >= 0.6 is 0 Å². The highest BCUT2D eigenvalue weighted by Gasteiger charge is 2.78. The van der Waals surface area contributed by atoms with E-state index in [1.54, 1.807) is 4.90 Å². The molecule has 0 aromatic rings. The molecule has 3 heterocycles. The molecule has 8 nitrogen and oxygen atoms in total. The molecule has 0 aliphatic carbocycles. The minimum Gasteiger partial charge on any atom is -0.396 e. The number of ether oxygens (including phenoxy) is 1. The van der Waals surface area contributed by atoms with Crippen molar-refractivity contribution in [2.24, 2.45) is 11.8 Å². The number of amides is 3. The Labute approximate surface area is 204 Å². The summed E-state index contributed by atoms with van der Waals surface area (Å²) in [5.74, 6) is -1.57. The molecule has 6 atom stereocenters. The van der Waals surface area contributed by atoms with Gasteiger partial charge in [0.2, 0.25) is 17.7 Å². The van der Waals surface area contributed by atoms with Gasteiger partial charge in [0, 0.05) is 25.7 Å². The molecule has 0 radical (unpaired) electrons. The van der Waals surface area contributed by atoms with Crippen LogP contribution in [0.5, 0.6) is 0 Å². The van der Waals surface area contributed by atoms with Crippen molar-refractivity contribution in [1.29, 1.82) is 0 Å². The van der Waals surface area contributed by atoms with Crippen molar-refractivity contribution in [1.82, 2.24) is 15.5 Å². The van der Waals surface area contributed by atoms with Crippen molar-refractivity contribution in [3.63, 3.8) is 0 Å². The minimum atomic E-state index is -0.942. The number of carbonyl (C=O) groups excluding carboxylic acids is 3. The predicted molar refractivity (Wildman–Crippen MR) is 130 cm³/mol. The smallest absolute Gasteiger partial charge is 0.246 e. The Morgan fingerprint density at radius 1 is 1.12 bits per heavy atom. The Morgan fingerprint density at radius 3 is 2.50 bits per heavy atom. The quantitative estimate of drug-likeness (QED) is 0.332. The summed E-state index contributed by atoms with van der Waals surface area (Å²) in [5, 5.41) is 15.2. The van der Waals surface area contributed by atoms with Gasteiger partial charge in [-0.05, 0) is 51.9 Å². The zero-order valence-electron chi connectivity index (χ0n) is 21.5. The summed E-state index contributed by atoms with van der Waals surface area (Å²) in [7, 11) is 0. The van der Waals surface area contributed by atoms with Crippen LogP contribution in [0.1, 0.15) is 91.9 Å². The van der Waals surface area contributed by atoms with E-state index in [1.807, 2.05) is 20.8 Å². The van der Waals surface area contributed by atoms with Crippen LogP contribution in [0.15, 0.2) is 0 Å². The Kier molecular flexibility index (Phi) is 9.01. The summed E-state index contributed by atoms with van der Waals surface area (Å²) >= 11 is 0. The molecule has 3 unspecified atom stereocenters. The SMILES string of the molecule is CCCNC(=O)[C@@H]1[C@H]2C(=O)N(CCCCCCO)C(C(=O)NC(C)CCC)C23CC[C@@]1(CC)O3. The zero-order valence-corrected chi connectivity index (χ0v) is 21.5. The second-order valence-electron chi connectivity index (χ2n) is 10.5. The molecule has 0 aromatic heterocycles. The third-order valence-electron chi connectivity index (χ3n) is 8.18. The summed E-state index contributed by atoms with van der Waals surface area (Å²) in [6, 6.07) is -0.698. The lowest BCUT2D eigenvalue weighted by Crippen LogP contribution is -2.56. The van der Waals surface area contributed by atoms with Crippen LogP contribution < -0.4 is 10.6 Å². The van der Waals surface area contributed by atoms with Gasteiger partial charge >= 0.3 is 0 Å². The van der Waals surface area contributed by atoms with E-state index in [2.05, 4.69) is 17.6 Å². The van der Waals surface area contributed by atoms with Gasteiger partial charge in [-0.1, -0.05) is 40.0 Å². The van der Waals surface area contributed by atoms with E-state index in [9.17, 15) is 14.4 Å². The number of rotatable bonds is 14. The number of aliphatic hydroxyl groups is 1. The second kappa shape index (κ2) is 11.4. The van der Waals surface area contributed by atoms with E-state index in [0.29, 0.717) is 32.4 Å². The van der Waals surface area contributed by atoms with Gasteiger partial charge in [0.1, 0.15) is 11.6 Å². The normalized spacial score (nSPS) is 32.7. The molecule has 3 fully saturated rings. The van der Waals surface area contributed by atoms with Crippen LogP contribution in [0.4, 0.5) is 0 Å². The van der Waals surface area contributed by atoms with Crippen molar-refractivity contribution in [2.75, 3.05) is 19.7 Å². The van der Waals surface area contributed by atoms with Crippen LogP contribution in [0.3, 0.4) is 0 Å². The van der Waals surface area contributed by atoms with E-state index in [0.717, 1.165) is 44.9 Å². The Morgan fingerprint density at radius 2 is 1.85 bits per heavy atom. The summed E-state index contributed by atoms with van der Waals surface area (Å²) in [6.45, 7) is 9.29. The third kappa shape index (κ3) is 4.72. The van der Waals surface area contributed by atoms with E-state index in [1.165, 1.54) is 0 Å². The third-order valence-corrected chi connectivity index (χ3v) is 8.18. The maximum Gasteiger partial charge on any atom is 0.246 e. The van der Waals surface area contributed by atoms with Crippen LogP contribution in [0.2, 0.25) is 0 Å². The number of hydrogen-bond donors (Lipinski definition) is 3. The van der Waals surface area contributed by atoms with Gasteiger partial charge < -0.3 is 25.4 Å². The predicted octanol–water partition coefficient (Wildman–Crippen LogP) is 2.52. The lowest BCUT2D eigenvalue weighted by molar-refractivity contribution is -0.148. The number of fused-ring (bicyclic) bond motifs is 1. The van der Waals surface area contributed by atoms with Crippen LogP contribution in [0.25, 0.3) is 0 Å². The monoisotopic (exact) mass is 479 g/mol. The fourth-order valence-electron chi connectivity index (χ4n) is 6.59. The first-order chi connectivity index (χ1) is 16.3. The topological polar surface area (TPSA) is 108 Å². The Balaban J connectivity index is 1.92. The van der Waals surface area contributed by atoms with Crippen molar-refractivity contribution >= 4 is 17.7 Å². The molecule has 194 valence electrons. The lowest BCUT2D eigenvalue weighted by Gasteiger charge is -2.34. The highest BCUT2D eigenvalue weighted by molar-refractivity contribution is 5.99. The molecule has 34 heavy (non-hydrogen) atoms. The standard InChI is InChI=1S/C26H45N3O5/c1-5-12-18(4)28-23(32)21-26-14-13-25(7-3,34-26)19(22(31)27-15-6-2)20(26)24(33)29(21)16-10-8-9-11-17-30/h18-21,30H,5-17H2,1-4H3,(H,27,31)(H,28,32)/t18?,19-,20-,21?,25+,26?/m0/s1. The molecule has 3 N–H and O–H groups in total. The van der Waals surface area contributed by atoms with Crippen LogP contribution in [0, 0.1) is 11.8 Å². The van der Waals surface area contributed by atoms with Crippen molar-refractivity contribution < 1.29 is 24.2 Å². The van der Waals surface area contributed by atoms with Gasteiger partial charge in [-0.2, -0.15) is 0 Å². The molecule has 8 heteroatoms. The minimum absolute atomic E-state index is 0.0110. The number of unbranched alkanes of at least 4 members (excludes halogenated alkanes) is 3. The lowest BCUT2D eigenvalue weighted by atomic mass is 9.65. The molecular formula is C26H45N3O5. The maximum atomic E-state index is 13.9. The summed E-state index contributed by atoms with van der Waals surface area (Å²) in [5.41, 5.74) is -1.62. The number of likely N-dealkylation sites (tertiary alicyclic amines) is 1. The highest BCUT2D eigenvalue weighted by atomic mass is 16.5. The maximum absolute atomic E-state index is 13.9. The van der Waals surface area contributed by atoms with Crippen LogP contribution in [-0.2, 0) is 19.1 Å². The van der Waals surface area contributed by atoms with E-state index < -0.39 is 29.1 Å². The molecule has 2 bridgehead atoms. The van der Waals surface area contributed by atoms with E-state index >= 15 is 0 Å². The molecule has 3 rings (SSSR count). The van der Waals surface area contributed by atoms with Crippen LogP contribution in [-0.4, -0.2) is 70.7 Å². The second-order valence-corrected chi connectivity index (χ2v) is 10.5. The van der Waals surface area contributed by atoms with Gasteiger partial charge in [0.15, 0.2) is 0 Å². The Hall–Kier alpha value is -1.67. The molecule has 0 saturated carbocycles. The molecular weight excluding hydrogens is 434 g/mol. The summed E-state index contributed by atoms with van der Waals surface area (Å²) < 4.78 is 6.74. The summed E-state index contributed by atoms with van der Waals surface area (Å²) in [4.78, 5) is 42.6. The largest absolute Gasteiger partial charge is 0.396 e. The number of carbonyl (C=O) groups is 3. The number of nitrogens with one attached hydrogen (secondary N) is 2. The molecule has 3 aliphatic heterocycles. The first kappa shape index (κ1) is 26.9. The van der Waals surface area contributed by atoms with E-state index in [-0.39, 0.29) is 30.4 Å². The number of aliphatic hydroxyl groups excluding tert-OH is 1. The average molecular weight is 480 g/mol. The van der Waals surface area contributed by atoms with Gasteiger partial charge in [-0.15, -0.1) is 0 Å². The zero-order chi connectivity index (χ0) is 24.9. The van der Waals surface area contributed by atoms with E-state index in [4.69, 9.17) is 9.84 Å². The molecule has 3 aliphatic rings. The van der Waals surface area contributed by atoms with Gasteiger partial charge in [0.25, 0.3) is 0 Å². The molecule has 0 aromatic carbocycles. The fraction of sp³-hybridized carbons (Fsp3) is 0.885. The van der Waals surface area contributed by atoms with Gasteiger partial charge in [-0.3, -0.25) is 14.4 Å². The van der Waals surface area contributed by atoms with Gasteiger partial charge in [-0.25, -0.2) is 0 Å². The van der Waals surface area contributed by atoms with Gasteiger partial charge in [0.05, 0.1) is 17.4 Å². The Bertz CT molecular complexity index is 746. The molecule has 3 amide bonds. The summed E-state index contributed by atoms with van der Waals surface area (Å²) in [6.07, 6.45) is 7.86. The first-order valence-corrected chi connectivity index (χ1v) is 13.5. The molecule has 3 saturated heterocycles. The van der Waals surface area contributed by atoms with Crippen molar-refractivity contribution in [3.8, 4) is 0 Å². The average Bonchev–Trinajstić information content (AvgIpc) is 3.41. The number of hydrogen-bond acceptors (Lipinski definition) is 5. The number of nitrogens with zero attached hydrogens (tertiary/aromatic N) is 1. The van der Waals surface area contributed by atoms with Crippen molar-refractivity contribution in [3.05, 3.63) is 0 Å².